The molecule has 0 fully saturated rings. The molecule has 0 unspecified atom stereocenters. The van der Waals surface area contributed by atoms with Crippen LogP contribution in [0.1, 0.15) is 31.9 Å². The molecule has 1 N–H and O–H groups in total. The Morgan fingerprint density at radius 1 is 1.15 bits per heavy atom. The number of likely N-dealkylation sites (N-methyl/N-ethyl adjacent to an activating group) is 1. The van der Waals surface area contributed by atoms with Crippen molar-refractivity contribution < 1.29 is 9.53 Å². The zero-order valence-electron chi connectivity index (χ0n) is 12.8. The molecule has 1 aromatic rings. The van der Waals surface area contributed by atoms with Gasteiger partial charge in [0.2, 0.25) is 5.91 Å². The molecule has 0 spiro atoms. The van der Waals surface area contributed by atoms with Crippen LogP contribution in [0.25, 0.3) is 0 Å². The lowest BCUT2D eigenvalue weighted by atomic mass is 10.1. The summed E-state index contributed by atoms with van der Waals surface area (Å²) < 4.78 is 5.46. The van der Waals surface area contributed by atoms with Crippen molar-refractivity contribution in [2.24, 2.45) is 0 Å². The van der Waals surface area contributed by atoms with Crippen LogP contribution in [0.15, 0.2) is 24.3 Å². The highest BCUT2D eigenvalue weighted by Gasteiger charge is 2.09. The van der Waals surface area contributed by atoms with Gasteiger partial charge in [-0.25, -0.2) is 0 Å². The quantitative estimate of drug-likeness (QED) is 0.753. The maximum atomic E-state index is 11.9. The number of nitrogens with one attached hydrogen (secondary N) is 1. The fourth-order valence-corrected chi connectivity index (χ4v) is 2.07. The van der Waals surface area contributed by atoms with Gasteiger partial charge in [0, 0.05) is 26.2 Å². The van der Waals surface area contributed by atoms with Gasteiger partial charge in [0.15, 0.2) is 0 Å². The zero-order valence-corrected chi connectivity index (χ0v) is 12.8. The van der Waals surface area contributed by atoms with Crippen LogP contribution in [0, 0.1) is 0 Å². The van der Waals surface area contributed by atoms with E-state index >= 15 is 0 Å². The molecule has 0 aliphatic carbocycles. The summed E-state index contributed by atoms with van der Waals surface area (Å²) in [6.45, 7) is 9.92. The lowest BCUT2D eigenvalue weighted by Gasteiger charge is -2.19. The standard InChI is InChI=1S/C16H26N2O2/c1-4-18(5-2)16(19)12-17-11-14-9-7-8-10-15(14)13-20-6-3/h7-10,17H,4-6,11-13H2,1-3H3. The first-order chi connectivity index (χ1) is 9.72. The van der Waals surface area contributed by atoms with Crippen LogP contribution in [0.3, 0.4) is 0 Å². The molecule has 0 aromatic heterocycles. The minimum Gasteiger partial charge on any atom is -0.377 e. The first-order valence-corrected chi connectivity index (χ1v) is 7.35. The number of rotatable bonds is 9. The van der Waals surface area contributed by atoms with Crippen molar-refractivity contribution in [1.29, 1.82) is 0 Å². The summed E-state index contributed by atoms with van der Waals surface area (Å²) in [4.78, 5) is 13.7. The predicted molar refractivity (Wildman–Crippen MR) is 81.4 cm³/mol. The monoisotopic (exact) mass is 278 g/mol. The van der Waals surface area contributed by atoms with Crippen LogP contribution in [-0.4, -0.2) is 37.0 Å². The van der Waals surface area contributed by atoms with Gasteiger partial charge in [0.05, 0.1) is 13.2 Å². The molecule has 0 aliphatic rings. The fourth-order valence-electron chi connectivity index (χ4n) is 2.07. The van der Waals surface area contributed by atoms with Crippen LogP contribution in [-0.2, 0) is 22.7 Å². The Hall–Kier alpha value is -1.39. The van der Waals surface area contributed by atoms with E-state index in [1.54, 1.807) is 0 Å². The predicted octanol–water partition coefficient (Wildman–Crippen LogP) is 2.18. The van der Waals surface area contributed by atoms with Crippen LogP contribution < -0.4 is 5.32 Å². The van der Waals surface area contributed by atoms with E-state index in [0.29, 0.717) is 26.3 Å². The summed E-state index contributed by atoms with van der Waals surface area (Å²) >= 11 is 0. The molecule has 20 heavy (non-hydrogen) atoms. The molecule has 4 heteroatoms. The first-order valence-electron chi connectivity index (χ1n) is 7.35. The molecule has 112 valence electrons. The van der Waals surface area contributed by atoms with Crippen LogP contribution >= 0.6 is 0 Å². The topological polar surface area (TPSA) is 41.6 Å². The van der Waals surface area contributed by atoms with Gasteiger partial charge in [-0.05, 0) is 31.9 Å². The van der Waals surface area contributed by atoms with Crippen molar-refractivity contribution in [2.45, 2.75) is 33.9 Å². The fraction of sp³-hybridized carbons (Fsp3) is 0.562. The van der Waals surface area contributed by atoms with E-state index in [2.05, 4.69) is 17.4 Å². The minimum atomic E-state index is 0.150. The summed E-state index contributed by atoms with van der Waals surface area (Å²) in [5.74, 6) is 0.150. The van der Waals surface area contributed by atoms with Gasteiger partial charge in [0.1, 0.15) is 0 Å². The summed E-state index contributed by atoms with van der Waals surface area (Å²) in [6, 6.07) is 8.17. The van der Waals surface area contributed by atoms with E-state index in [1.165, 1.54) is 11.1 Å². The van der Waals surface area contributed by atoms with E-state index < -0.39 is 0 Å². The van der Waals surface area contributed by atoms with Crippen molar-refractivity contribution in [1.82, 2.24) is 10.2 Å². The Labute approximate surface area is 122 Å². The molecule has 1 amide bonds. The average Bonchev–Trinajstić information content (AvgIpc) is 2.47. The molecule has 0 radical (unpaired) electrons. The Balaban J connectivity index is 2.47. The van der Waals surface area contributed by atoms with Crippen molar-refractivity contribution in [2.75, 3.05) is 26.2 Å². The highest BCUT2D eigenvalue weighted by Crippen LogP contribution is 2.09. The average molecular weight is 278 g/mol. The molecule has 1 aromatic carbocycles. The number of nitrogens with zero attached hydrogens (tertiary/aromatic N) is 1. The van der Waals surface area contributed by atoms with E-state index in [0.717, 1.165) is 13.1 Å². The Kier molecular flexibility index (Phi) is 7.92. The third-order valence-electron chi connectivity index (χ3n) is 3.29. The number of carbonyl (C=O) groups is 1. The largest absolute Gasteiger partial charge is 0.377 e. The lowest BCUT2D eigenvalue weighted by Crippen LogP contribution is -2.37. The van der Waals surface area contributed by atoms with Gasteiger partial charge < -0.3 is 15.0 Å². The highest BCUT2D eigenvalue weighted by molar-refractivity contribution is 5.78. The van der Waals surface area contributed by atoms with Crippen molar-refractivity contribution in [3.63, 3.8) is 0 Å². The maximum absolute atomic E-state index is 11.9. The number of carbonyl (C=O) groups excluding carboxylic acids is 1. The van der Waals surface area contributed by atoms with E-state index in [9.17, 15) is 4.79 Å². The molecular formula is C16H26N2O2. The molecule has 0 aliphatic heterocycles. The first kappa shape index (κ1) is 16.7. The van der Waals surface area contributed by atoms with Gasteiger partial charge in [-0.3, -0.25) is 4.79 Å². The number of hydrogen-bond donors (Lipinski definition) is 1. The van der Waals surface area contributed by atoms with E-state index in [4.69, 9.17) is 4.74 Å². The third-order valence-corrected chi connectivity index (χ3v) is 3.29. The molecule has 0 atom stereocenters. The Morgan fingerprint density at radius 3 is 2.40 bits per heavy atom. The maximum Gasteiger partial charge on any atom is 0.236 e. The second kappa shape index (κ2) is 9.50. The van der Waals surface area contributed by atoms with Crippen LogP contribution in [0.4, 0.5) is 0 Å². The second-order valence-electron chi connectivity index (χ2n) is 4.58. The molecule has 4 nitrogen and oxygen atoms in total. The highest BCUT2D eigenvalue weighted by atomic mass is 16.5. The number of amides is 1. The molecule has 0 saturated carbocycles. The summed E-state index contributed by atoms with van der Waals surface area (Å²) in [5.41, 5.74) is 2.37. The van der Waals surface area contributed by atoms with Gasteiger partial charge in [-0.15, -0.1) is 0 Å². The number of benzene rings is 1. The molecular weight excluding hydrogens is 252 g/mol. The number of hydrogen-bond acceptors (Lipinski definition) is 3. The number of ether oxygens (including phenoxy) is 1. The Bertz CT molecular complexity index is 403. The van der Waals surface area contributed by atoms with Crippen molar-refractivity contribution in [3.05, 3.63) is 35.4 Å². The SMILES string of the molecule is CCOCc1ccccc1CNCC(=O)N(CC)CC. The van der Waals surface area contributed by atoms with Crippen LogP contribution in [0.2, 0.25) is 0 Å². The molecule has 0 heterocycles. The smallest absolute Gasteiger partial charge is 0.236 e. The van der Waals surface area contributed by atoms with Crippen molar-refractivity contribution in [3.8, 4) is 0 Å². The molecule has 0 bridgehead atoms. The molecule has 0 saturated heterocycles. The van der Waals surface area contributed by atoms with Crippen LogP contribution in [0.5, 0.6) is 0 Å². The van der Waals surface area contributed by atoms with Crippen molar-refractivity contribution >= 4 is 5.91 Å². The third kappa shape index (κ3) is 5.31. The Morgan fingerprint density at radius 2 is 1.80 bits per heavy atom. The lowest BCUT2D eigenvalue weighted by molar-refractivity contribution is -0.129. The summed E-state index contributed by atoms with van der Waals surface area (Å²) in [5, 5.41) is 3.22. The summed E-state index contributed by atoms with van der Waals surface area (Å²) in [7, 11) is 0. The zero-order chi connectivity index (χ0) is 14.8. The molecule has 1 rings (SSSR count). The normalized spacial score (nSPS) is 10.6. The van der Waals surface area contributed by atoms with E-state index in [1.807, 2.05) is 37.8 Å². The van der Waals surface area contributed by atoms with Gasteiger partial charge >= 0.3 is 0 Å². The summed E-state index contributed by atoms with van der Waals surface area (Å²) in [6.07, 6.45) is 0. The minimum absolute atomic E-state index is 0.150. The van der Waals surface area contributed by atoms with Gasteiger partial charge in [0.25, 0.3) is 0 Å². The van der Waals surface area contributed by atoms with Gasteiger partial charge in [-0.2, -0.15) is 0 Å². The van der Waals surface area contributed by atoms with Gasteiger partial charge in [-0.1, -0.05) is 24.3 Å². The van der Waals surface area contributed by atoms with E-state index in [-0.39, 0.29) is 5.91 Å². The second-order valence-corrected chi connectivity index (χ2v) is 4.58.